The van der Waals surface area contributed by atoms with Crippen LogP contribution < -0.4 is 10.8 Å². The van der Waals surface area contributed by atoms with Gasteiger partial charge in [-0.05, 0) is 31.0 Å². The van der Waals surface area contributed by atoms with Crippen molar-refractivity contribution in [3.63, 3.8) is 0 Å². The number of H-pyrrole nitrogens is 1. The lowest BCUT2D eigenvalue weighted by Gasteiger charge is -2.27. The number of nitrogens with zero attached hydrogens (tertiary/aromatic N) is 3. The maximum Gasteiger partial charge on any atom is 0.282 e. The van der Waals surface area contributed by atoms with Crippen LogP contribution in [0.3, 0.4) is 0 Å². The normalized spacial score (nSPS) is 17.3. The fourth-order valence-electron chi connectivity index (χ4n) is 3.52. The van der Waals surface area contributed by atoms with Crippen molar-refractivity contribution in [3.05, 3.63) is 30.1 Å². The van der Waals surface area contributed by atoms with E-state index >= 15 is 0 Å². The average Bonchev–Trinajstić information content (AvgIpc) is 3.42. The summed E-state index contributed by atoms with van der Waals surface area (Å²) in [5.41, 5.74) is 3.51. The summed E-state index contributed by atoms with van der Waals surface area (Å²) < 4.78 is 28.8. The second-order valence-corrected chi connectivity index (χ2v) is 9.43. The summed E-state index contributed by atoms with van der Waals surface area (Å²) in [6.07, 6.45) is 3.38. The molecule has 170 valence electrons. The van der Waals surface area contributed by atoms with Crippen molar-refractivity contribution in [1.82, 2.24) is 29.4 Å². The number of fused-ring (bicyclic) bond motifs is 1. The number of benzene rings is 1. The molecule has 1 atom stereocenters. The molecule has 1 aromatic carbocycles. The van der Waals surface area contributed by atoms with Gasteiger partial charge in [0, 0.05) is 44.2 Å². The van der Waals surface area contributed by atoms with E-state index in [0.717, 1.165) is 17.5 Å². The number of amides is 2. The lowest BCUT2D eigenvalue weighted by atomic mass is 10.1. The molecule has 12 heteroatoms. The molecule has 0 bridgehead atoms. The number of hydroxylamine groups is 1. The first-order valence-electron chi connectivity index (χ1n) is 10.3. The Bertz CT molecular complexity index is 1020. The van der Waals surface area contributed by atoms with Crippen molar-refractivity contribution in [2.45, 2.75) is 38.6 Å². The number of imidazole rings is 1. The number of hydrogen-bond donors (Lipinski definition) is 4. The smallest absolute Gasteiger partial charge is 0.282 e. The second kappa shape index (κ2) is 10.2. The Morgan fingerprint density at radius 3 is 2.90 bits per heavy atom. The van der Waals surface area contributed by atoms with Crippen LogP contribution in [0.15, 0.2) is 24.5 Å². The predicted octanol–water partition coefficient (Wildman–Crippen LogP) is 0.609. The minimum absolute atomic E-state index is 0.0214. The van der Waals surface area contributed by atoms with E-state index in [2.05, 4.69) is 15.3 Å². The number of carbonyl (C=O) groups excluding carboxylic acids is 2. The molecule has 0 radical (unpaired) electrons. The van der Waals surface area contributed by atoms with Crippen LogP contribution in [0.1, 0.15) is 43.0 Å². The molecule has 2 aromatic rings. The van der Waals surface area contributed by atoms with Gasteiger partial charge in [0.25, 0.3) is 16.1 Å². The lowest BCUT2D eigenvalue weighted by Crippen LogP contribution is -2.46. The van der Waals surface area contributed by atoms with Crippen LogP contribution in [-0.2, 0) is 15.0 Å². The van der Waals surface area contributed by atoms with Gasteiger partial charge in [-0.3, -0.25) is 14.8 Å². The van der Waals surface area contributed by atoms with Gasteiger partial charge in [0.1, 0.15) is 0 Å². The van der Waals surface area contributed by atoms with E-state index in [4.69, 9.17) is 5.21 Å². The van der Waals surface area contributed by atoms with Crippen molar-refractivity contribution < 1.29 is 23.2 Å². The molecule has 1 aromatic heterocycles. The molecule has 2 heterocycles. The van der Waals surface area contributed by atoms with Gasteiger partial charge in [-0.15, -0.1) is 0 Å². The fraction of sp³-hybridized carbons (Fsp3) is 0.526. The zero-order valence-corrected chi connectivity index (χ0v) is 18.2. The molecule has 31 heavy (non-hydrogen) atoms. The predicted molar refractivity (Wildman–Crippen MR) is 113 cm³/mol. The number of nitrogens with one attached hydrogen (secondary N) is 3. The minimum atomic E-state index is -3.79. The molecular weight excluding hydrogens is 424 g/mol. The van der Waals surface area contributed by atoms with Crippen LogP contribution in [0, 0.1) is 0 Å². The summed E-state index contributed by atoms with van der Waals surface area (Å²) in [6.45, 7) is 2.66. The first-order chi connectivity index (χ1) is 14.8. The molecule has 3 rings (SSSR count). The van der Waals surface area contributed by atoms with Gasteiger partial charge in [0.05, 0.1) is 17.4 Å². The van der Waals surface area contributed by atoms with Crippen molar-refractivity contribution in [2.24, 2.45) is 0 Å². The SMILES string of the molecule is CCCCN(CCC(=O)NO)S(=O)(=O)N1CCC(NC(=O)c2ccc3nc[nH]c3c2)C1. The highest BCUT2D eigenvalue weighted by molar-refractivity contribution is 7.86. The van der Waals surface area contributed by atoms with Crippen molar-refractivity contribution in [3.8, 4) is 0 Å². The van der Waals surface area contributed by atoms with E-state index in [9.17, 15) is 18.0 Å². The maximum atomic E-state index is 13.1. The van der Waals surface area contributed by atoms with E-state index in [1.807, 2.05) is 6.92 Å². The van der Waals surface area contributed by atoms with E-state index < -0.39 is 16.1 Å². The Morgan fingerprint density at radius 1 is 1.35 bits per heavy atom. The van der Waals surface area contributed by atoms with Gasteiger partial charge in [0.2, 0.25) is 5.91 Å². The molecular formula is C19H28N6O5S. The molecule has 0 spiro atoms. The number of unbranched alkanes of at least 4 members (excludes halogenated alkanes) is 1. The van der Waals surface area contributed by atoms with Crippen LogP contribution in [0.5, 0.6) is 0 Å². The summed E-state index contributed by atoms with van der Waals surface area (Å²) in [7, 11) is -3.79. The molecule has 1 saturated heterocycles. The number of hydrogen-bond acceptors (Lipinski definition) is 6. The van der Waals surface area contributed by atoms with Gasteiger partial charge < -0.3 is 10.3 Å². The van der Waals surface area contributed by atoms with E-state index in [0.29, 0.717) is 18.4 Å². The number of rotatable bonds is 10. The monoisotopic (exact) mass is 452 g/mol. The average molecular weight is 453 g/mol. The lowest BCUT2D eigenvalue weighted by molar-refractivity contribution is -0.129. The van der Waals surface area contributed by atoms with Gasteiger partial charge >= 0.3 is 0 Å². The summed E-state index contributed by atoms with van der Waals surface area (Å²) in [5.74, 6) is -0.916. The van der Waals surface area contributed by atoms with Gasteiger partial charge in [-0.2, -0.15) is 17.0 Å². The van der Waals surface area contributed by atoms with E-state index in [1.165, 1.54) is 14.1 Å². The zero-order valence-electron chi connectivity index (χ0n) is 17.4. The molecule has 11 nitrogen and oxygen atoms in total. The van der Waals surface area contributed by atoms with Gasteiger partial charge in [0.15, 0.2) is 0 Å². The largest absolute Gasteiger partial charge is 0.348 e. The van der Waals surface area contributed by atoms with E-state index in [1.54, 1.807) is 24.5 Å². The highest BCUT2D eigenvalue weighted by Gasteiger charge is 2.36. The third kappa shape index (κ3) is 5.58. The summed E-state index contributed by atoms with van der Waals surface area (Å²) >= 11 is 0. The van der Waals surface area contributed by atoms with Crippen molar-refractivity contribution >= 4 is 33.1 Å². The Labute approximate surface area is 181 Å². The molecule has 2 amide bonds. The molecule has 1 aliphatic rings. The van der Waals surface area contributed by atoms with Crippen LogP contribution in [-0.4, -0.2) is 76.2 Å². The zero-order chi connectivity index (χ0) is 22.4. The molecule has 0 saturated carbocycles. The van der Waals surface area contributed by atoms with Crippen molar-refractivity contribution in [1.29, 1.82) is 0 Å². The Balaban J connectivity index is 1.62. The molecule has 0 aliphatic carbocycles. The quantitative estimate of drug-likeness (QED) is 0.307. The number of carbonyl (C=O) groups is 2. The van der Waals surface area contributed by atoms with Gasteiger partial charge in [-0.1, -0.05) is 13.3 Å². The molecule has 1 aliphatic heterocycles. The van der Waals surface area contributed by atoms with Crippen LogP contribution in [0.2, 0.25) is 0 Å². The van der Waals surface area contributed by atoms with Crippen LogP contribution in [0.25, 0.3) is 11.0 Å². The fourth-order valence-corrected chi connectivity index (χ4v) is 5.24. The summed E-state index contributed by atoms with van der Waals surface area (Å²) in [5, 5.41) is 11.6. The third-order valence-corrected chi connectivity index (χ3v) is 7.30. The highest BCUT2D eigenvalue weighted by Crippen LogP contribution is 2.19. The second-order valence-electron chi connectivity index (χ2n) is 7.50. The highest BCUT2D eigenvalue weighted by atomic mass is 32.2. The van der Waals surface area contributed by atoms with Crippen LogP contribution in [0.4, 0.5) is 0 Å². The summed E-state index contributed by atoms with van der Waals surface area (Å²) in [4.78, 5) is 31.1. The molecule has 4 N–H and O–H groups in total. The summed E-state index contributed by atoms with van der Waals surface area (Å²) in [6, 6.07) is 4.83. The Morgan fingerprint density at radius 2 is 2.16 bits per heavy atom. The van der Waals surface area contributed by atoms with E-state index in [-0.39, 0.29) is 44.5 Å². The van der Waals surface area contributed by atoms with Gasteiger partial charge in [-0.25, -0.2) is 10.5 Å². The number of aromatic amines is 1. The Hall–Kier alpha value is -2.54. The molecule has 1 fully saturated rings. The first-order valence-corrected chi connectivity index (χ1v) is 11.7. The maximum absolute atomic E-state index is 13.1. The topological polar surface area (TPSA) is 148 Å². The molecule has 1 unspecified atom stereocenters. The minimum Gasteiger partial charge on any atom is -0.348 e. The third-order valence-electron chi connectivity index (χ3n) is 5.30. The van der Waals surface area contributed by atoms with Crippen molar-refractivity contribution in [2.75, 3.05) is 26.2 Å². The standard InChI is InChI=1S/C19H28N6O5S/c1-2-3-8-24(10-7-18(26)23-28)31(29,30)25-9-6-15(12-25)22-19(27)14-4-5-16-17(11-14)21-13-20-16/h4-5,11,13,15,28H,2-3,6-10,12H2,1H3,(H,20,21)(H,22,27)(H,23,26). The number of aromatic nitrogens is 2. The Kier molecular flexibility index (Phi) is 7.59. The first kappa shape index (κ1) is 23.1. The van der Waals surface area contributed by atoms with Crippen LogP contribution >= 0.6 is 0 Å².